The monoisotopic (exact) mass is 387 g/mol. The second kappa shape index (κ2) is 7.77. The van der Waals surface area contributed by atoms with Gasteiger partial charge in [-0.2, -0.15) is 0 Å². The molecule has 2 aromatic carbocycles. The number of hydrogen-bond acceptors (Lipinski definition) is 2. The Labute approximate surface area is 149 Å². The van der Waals surface area contributed by atoms with Gasteiger partial charge >= 0.3 is 0 Å². The molecule has 0 unspecified atom stereocenters. The summed E-state index contributed by atoms with van der Waals surface area (Å²) in [5, 5.41) is 3.30. The van der Waals surface area contributed by atoms with Gasteiger partial charge in [0.25, 0.3) is 0 Å². The lowest BCUT2D eigenvalue weighted by atomic mass is 10.1. The molecule has 0 radical (unpaired) electrons. The van der Waals surface area contributed by atoms with Crippen LogP contribution in [0.2, 0.25) is 0 Å². The molecule has 1 heterocycles. The summed E-state index contributed by atoms with van der Waals surface area (Å²) < 4.78 is 20.5. The molecule has 2 nitrogen and oxygen atoms in total. The molecule has 3 rings (SSSR count). The predicted octanol–water partition coefficient (Wildman–Crippen LogP) is 5.49. The van der Waals surface area contributed by atoms with Crippen LogP contribution in [-0.2, 0) is 13.0 Å². The minimum atomic E-state index is -0.148. The molecule has 0 amide bonds. The fourth-order valence-corrected chi connectivity index (χ4v) is 3.13. The topological polar surface area (TPSA) is 25.2 Å². The Kier molecular flexibility index (Phi) is 5.48. The summed E-state index contributed by atoms with van der Waals surface area (Å²) in [4.78, 5) is 0. The Bertz CT molecular complexity index is 828. The molecule has 0 fully saturated rings. The van der Waals surface area contributed by atoms with Gasteiger partial charge in [-0.1, -0.05) is 34.1 Å². The average molecular weight is 388 g/mol. The van der Waals surface area contributed by atoms with E-state index >= 15 is 0 Å². The lowest BCUT2D eigenvalue weighted by molar-refractivity contribution is 0.493. The third-order valence-electron chi connectivity index (χ3n) is 3.94. The van der Waals surface area contributed by atoms with Gasteiger partial charge in [-0.15, -0.1) is 0 Å². The number of aryl methyl sites for hydroxylation is 1. The Morgan fingerprint density at radius 2 is 1.92 bits per heavy atom. The van der Waals surface area contributed by atoms with Crippen LogP contribution in [0.4, 0.5) is 4.39 Å². The van der Waals surface area contributed by atoms with E-state index in [-0.39, 0.29) is 5.82 Å². The minimum absolute atomic E-state index is 0.148. The van der Waals surface area contributed by atoms with E-state index in [0.717, 1.165) is 32.7 Å². The van der Waals surface area contributed by atoms with Crippen LogP contribution in [-0.4, -0.2) is 6.54 Å². The van der Waals surface area contributed by atoms with Crippen LogP contribution >= 0.6 is 15.9 Å². The Morgan fingerprint density at radius 1 is 1.08 bits per heavy atom. The average Bonchev–Trinajstić information content (AvgIpc) is 3.01. The molecule has 0 atom stereocenters. The highest BCUT2D eigenvalue weighted by molar-refractivity contribution is 9.10. The van der Waals surface area contributed by atoms with E-state index < -0.39 is 0 Å². The van der Waals surface area contributed by atoms with Crippen LogP contribution in [0.15, 0.2) is 63.5 Å². The zero-order chi connectivity index (χ0) is 16.9. The molecule has 1 aromatic heterocycles. The second-order valence-electron chi connectivity index (χ2n) is 5.74. The Morgan fingerprint density at radius 3 is 2.71 bits per heavy atom. The summed E-state index contributed by atoms with van der Waals surface area (Å²) >= 11 is 3.47. The maximum absolute atomic E-state index is 13.5. The zero-order valence-corrected chi connectivity index (χ0v) is 15.1. The second-order valence-corrected chi connectivity index (χ2v) is 6.66. The van der Waals surface area contributed by atoms with Crippen molar-refractivity contribution in [2.24, 2.45) is 0 Å². The molecule has 0 saturated heterocycles. The first-order chi connectivity index (χ1) is 11.6. The van der Waals surface area contributed by atoms with Crippen molar-refractivity contribution in [3.05, 3.63) is 81.8 Å². The number of benzene rings is 2. The smallest absolute Gasteiger partial charge is 0.134 e. The third kappa shape index (κ3) is 4.13. The van der Waals surface area contributed by atoms with Gasteiger partial charge in [-0.3, -0.25) is 0 Å². The lowest BCUT2D eigenvalue weighted by Gasteiger charge is -2.05. The fraction of sp³-hybridized carbons (Fsp3) is 0.200. The van der Waals surface area contributed by atoms with Crippen molar-refractivity contribution in [2.45, 2.75) is 19.9 Å². The maximum Gasteiger partial charge on any atom is 0.134 e. The summed E-state index contributed by atoms with van der Waals surface area (Å²) in [5.74, 6) is 1.59. The van der Waals surface area contributed by atoms with Gasteiger partial charge in [-0.25, -0.2) is 4.39 Å². The fourth-order valence-electron chi connectivity index (χ4n) is 2.66. The van der Waals surface area contributed by atoms with Gasteiger partial charge in [-0.05, 0) is 67.4 Å². The first-order valence-corrected chi connectivity index (χ1v) is 8.72. The molecule has 0 aliphatic carbocycles. The van der Waals surface area contributed by atoms with Gasteiger partial charge in [0.1, 0.15) is 17.3 Å². The minimum Gasteiger partial charge on any atom is -0.460 e. The van der Waals surface area contributed by atoms with Crippen molar-refractivity contribution in [1.82, 2.24) is 5.32 Å². The van der Waals surface area contributed by atoms with E-state index in [1.807, 2.05) is 36.4 Å². The van der Waals surface area contributed by atoms with Gasteiger partial charge in [0, 0.05) is 10.0 Å². The molecule has 0 bridgehead atoms. The van der Waals surface area contributed by atoms with E-state index in [1.165, 1.54) is 6.07 Å². The Hall–Kier alpha value is -1.91. The van der Waals surface area contributed by atoms with E-state index in [4.69, 9.17) is 4.42 Å². The predicted molar refractivity (Wildman–Crippen MR) is 98.4 cm³/mol. The summed E-state index contributed by atoms with van der Waals surface area (Å²) in [7, 11) is 0. The summed E-state index contributed by atoms with van der Waals surface area (Å²) in [6.45, 7) is 3.40. The van der Waals surface area contributed by atoms with Crippen LogP contribution in [0.5, 0.6) is 0 Å². The Balaban J connectivity index is 1.56. The van der Waals surface area contributed by atoms with E-state index in [1.54, 1.807) is 6.07 Å². The molecule has 1 N–H and O–H groups in total. The number of halogens is 2. The van der Waals surface area contributed by atoms with Crippen molar-refractivity contribution in [2.75, 3.05) is 6.54 Å². The molecule has 4 heteroatoms. The van der Waals surface area contributed by atoms with E-state index in [9.17, 15) is 4.39 Å². The van der Waals surface area contributed by atoms with Crippen molar-refractivity contribution >= 4 is 15.9 Å². The summed E-state index contributed by atoms with van der Waals surface area (Å²) in [5.41, 5.74) is 2.99. The van der Waals surface area contributed by atoms with Crippen molar-refractivity contribution in [1.29, 1.82) is 0 Å². The molecule has 0 aliphatic rings. The molecule has 24 heavy (non-hydrogen) atoms. The standard InChI is InChI=1S/C20H19BrFNO/c1-14-12-16(21)6-8-18(14)20-9-7-17(24-20)13-23-11-10-15-4-2-3-5-19(15)22/h2-9,12,23H,10-11,13H2,1H3. The third-order valence-corrected chi connectivity index (χ3v) is 4.44. The largest absolute Gasteiger partial charge is 0.460 e. The molecule has 124 valence electrons. The van der Waals surface area contributed by atoms with E-state index in [0.29, 0.717) is 19.5 Å². The normalized spacial score (nSPS) is 11.0. The lowest BCUT2D eigenvalue weighted by Crippen LogP contribution is -2.16. The van der Waals surface area contributed by atoms with Crippen LogP contribution in [0, 0.1) is 12.7 Å². The molecular formula is C20H19BrFNO. The van der Waals surface area contributed by atoms with Crippen LogP contribution in [0.1, 0.15) is 16.9 Å². The van der Waals surface area contributed by atoms with Crippen LogP contribution in [0.3, 0.4) is 0 Å². The first kappa shape index (κ1) is 16.9. The number of furan rings is 1. The SMILES string of the molecule is Cc1cc(Br)ccc1-c1ccc(CNCCc2ccccc2F)o1. The van der Waals surface area contributed by atoms with Gasteiger partial charge < -0.3 is 9.73 Å². The highest BCUT2D eigenvalue weighted by Crippen LogP contribution is 2.27. The quantitative estimate of drug-likeness (QED) is 0.565. The van der Waals surface area contributed by atoms with Crippen LogP contribution < -0.4 is 5.32 Å². The summed E-state index contributed by atoms with van der Waals surface area (Å²) in [6, 6.07) is 17.0. The maximum atomic E-state index is 13.5. The zero-order valence-electron chi connectivity index (χ0n) is 13.5. The van der Waals surface area contributed by atoms with Crippen molar-refractivity contribution in [3.8, 4) is 11.3 Å². The molecule has 3 aromatic rings. The molecule has 0 saturated carbocycles. The first-order valence-electron chi connectivity index (χ1n) is 7.93. The van der Waals surface area contributed by atoms with E-state index in [2.05, 4.69) is 34.2 Å². The molecule has 0 aliphatic heterocycles. The number of nitrogens with one attached hydrogen (secondary N) is 1. The molecular weight excluding hydrogens is 369 g/mol. The van der Waals surface area contributed by atoms with Crippen molar-refractivity contribution in [3.63, 3.8) is 0 Å². The summed E-state index contributed by atoms with van der Waals surface area (Å²) in [6.07, 6.45) is 0.659. The molecule has 0 spiro atoms. The van der Waals surface area contributed by atoms with Gasteiger partial charge in [0.15, 0.2) is 0 Å². The van der Waals surface area contributed by atoms with Crippen molar-refractivity contribution < 1.29 is 8.81 Å². The number of rotatable bonds is 6. The highest BCUT2D eigenvalue weighted by atomic mass is 79.9. The number of hydrogen-bond donors (Lipinski definition) is 1. The van der Waals surface area contributed by atoms with Crippen LogP contribution in [0.25, 0.3) is 11.3 Å². The van der Waals surface area contributed by atoms with Gasteiger partial charge in [0.2, 0.25) is 0 Å². The van der Waals surface area contributed by atoms with Gasteiger partial charge in [0.05, 0.1) is 6.54 Å². The highest BCUT2D eigenvalue weighted by Gasteiger charge is 2.08.